The smallest absolute Gasteiger partial charge is 0.264 e. The highest BCUT2D eigenvalue weighted by Gasteiger charge is 2.42. The summed E-state index contributed by atoms with van der Waals surface area (Å²) in [5.74, 6) is 0.253. The lowest BCUT2D eigenvalue weighted by molar-refractivity contribution is -0.121. The molecule has 1 atom stereocenters. The Balaban J connectivity index is 1.78. The first kappa shape index (κ1) is 14.5. The molecule has 0 aromatic carbocycles. The van der Waals surface area contributed by atoms with Crippen LogP contribution in [0.1, 0.15) is 28.9 Å². The van der Waals surface area contributed by atoms with Crippen molar-refractivity contribution in [2.24, 2.45) is 0 Å². The van der Waals surface area contributed by atoms with Crippen molar-refractivity contribution in [2.75, 3.05) is 33.2 Å². The second kappa shape index (κ2) is 5.77. The average molecular weight is 307 g/mol. The van der Waals surface area contributed by atoms with E-state index >= 15 is 0 Å². The van der Waals surface area contributed by atoms with Crippen LogP contribution in [0.5, 0.6) is 0 Å². The second-order valence-corrected chi connectivity index (χ2v) is 6.90. The SMILES string of the molecule is CN1CCN(C(=O)c2cccs2)CC12CCNC(=O)CC2. The molecule has 2 aliphatic rings. The molecule has 6 heteroatoms. The zero-order valence-corrected chi connectivity index (χ0v) is 13.1. The molecule has 1 aromatic rings. The molecule has 2 amide bonds. The van der Waals surface area contributed by atoms with E-state index in [0.29, 0.717) is 13.0 Å². The summed E-state index contributed by atoms with van der Waals surface area (Å²) < 4.78 is 0. The van der Waals surface area contributed by atoms with Crippen molar-refractivity contribution >= 4 is 23.2 Å². The van der Waals surface area contributed by atoms with Crippen molar-refractivity contribution in [3.63, 3.8) is 0 Å². The highest BCUT2D eigenvalue weighted by Crippen LogP contribution is 2.31. The number of amides is 2. The third-order valence-corrected chi connectivity index (χ3v) is 5.61. The highest BCUT2D eigenvalue weighted by atomic mass is 32.1. The normalized spacial score (nSPS) is 27.5. The van der Waals surface area contributed by atoms with Crippen LogP contribution in [-0.2, 0) is 4.79 Å². The molecule has 3 heterocycles. The molecule has 1 unspecified atom stereocenters. The minimum Gasteiger partial charge on any atom is -0.356 e. The lowest BCUT2D eigenvalue weighted by Gasteiger charge is -2.49. The van der Waals surface area contributed by atoms with Crippen molar-refractivity contribution in [1.82, 2.24) is 15.1 Å². The molecule has 1 spiro atoms. The minimum atomic E-state index is -0.0651. The molecule has 0 aliphatic carbocycles. The number of carbonyl (C=O) groups excluding carboxylic acids is 2. The van der Waals surface area contributed by atoms with Crippen LogP contribution in [0.2, 0.25) is 0 Å². The van der Waals surface area contributed by atoms with E-state index in [-0.39, 0.29) is 17.4 Å². The molecule has 0 radical (unpaired) electrons. The van der Waals surface area contributed by atoms with E-state index in [2.05, 4.69) is 17.3 Å². The number of carbonyl (C=O) groups is 2. The third-order valence-electron chi connectivity index (χ3n) is 4.75. The summed E-state index contributed by atoms with van der Waals surface area (Å²) in [6.07, 6.45) is 2.28. The number of rotatable bonds is 1. The maximum Gasteiger partial charge on any atom is 0.264 e. The molecule has 1 aromatic heterocycles. The molecule has 2 saturated heterocycles. The first-order valence-electron chi connectivity index (χ1n) is 7.41. The topological polar surface area (TPSA) is 52.6 Å². The van der Waals surface area contributed by atoms with Crippen LogP contribution in [0, 0.1) is 0 Å². The van der Waals surface area contributed by atoms with Crippen LogP contribution in [-0.4, -0.2) is 60.4 Å². The van der Waals surface area contributed by atoms with Gasteiger partial charge in [0.2, 0.25) is 5.91 Å². The number of thiophene rings is 1. The van der Waals surface area contributed by atoms with E-state index < -0.39 is 0 Å². The van der Waals surface area contributed by atoms with E-state index in [1.54, 1.807) is 0 Å². The number of likely N-dealkylation sites (N-methyl/N-ethyl adjacent to an activating group) is 1. The Morgan fingerprint density at radius 2 is 2.24 bits per heavy atom. The quantitative estimate of drug-likeness (QED) is 0.847. The fourth-order valence-electron chi connectivity index (χ4n) is 3.33. The first-order valence-corrected chi connectivity index (χ1v) is 8.29. The summed E-state index contributed by atoms with van der Waals surface area (Å²) in [5.41, 5.74) is -0.0651. The largest absolute Gasteiger partial charge is 0.356 e. The van der Waals surface area contributed by atoms with Crippen LogP contribution in [0.4, 0.5) is 0 Å². The van der Waals surface area contributed by atoms with Crippen LogP contribution in [0.3, 0.4) is 0 Å². The fourth-order valence-corrected chi connectivity index (χ4v) is 4.02. The number of nitrogens with zero attached hydrogens (tertiary/aromatic N) is 2. The van der Waals surface area contributed by atoms with E-state index in [4.69, 9.17) is 0 Å². The van der Waals surface area contributed by atoms with Gasteiger partial charge in [-0.1, -0.05) is 6.07 Å². The minimum absolute atomic E-state index is 0.0651. The zero-order chi connectivity index (χ0) is 14.9. The second-order valence-electron chi connectivity index (χ2n) is 5.95. The van der Waals surface area contributed by atoms with E-state index in [0.717, 1.165) is 37.4 Å². The Bertz CT molecular complexity index is 531. The van der Waals surface area contributed by atoms with E-state index in [9.17, 15) is 9.59 Å². The van der Waals surface area contributed by atoms with E-state index in [1.807, 2.05) is 22.4 Å². The van der Waals surface area contributed by atoms with Crippen molar-refractivity contribution in [3.8, 4) is 0 Å². The molecule has 0 bridgehead atoms. The van der Waals surface area contributed by atoms with Crippen molar-refractivity contribution in [2.45, 2.75) is 24.8 Å². The Kier molecular flexibility index (Phi) is 3.99. The van der Waals surface area contributed by atoms with Gasteiger partial charge < -0.3 is 10.2 Å². The van der Waals surface area contributed by atoms with Crippen molar-refractivity contribution in [1.29, 1.82) is 0 Å². The average Bonchev–Trinajstić information content (AvgIpc) is 2.95. The number of hydrogen-bond acceptors (Lipinski definition) is 4. The molecule has 5 nitrogen and oxygen atoms in total. The molecule has 21 heavy (non-hydrogen) atoms. The van der Waals surface area contributed by atoms with Gasteiger partial charge in [0.1, 0.15) is 0 Å². The maximum atomic E-state index is 12.6. The van der Waals surface area contributed by atoms with Gasteiger partial charge in [0, 0.05) is 38.1 Å². The van der Waals surface area contributed by atoms with Gasteiger partial charge >= 0.3 is 0 Å². The molecular weight excluding hydrogens is 286 g/mol. The van der Waals surface area contributed by atoms with Gasteiger partial charge in [-0.15, -0.1) is 11.3 Å². The van der Waals surface area contributed by atoms with Gasteiger partial charge in [-0.25, -0.2) is 0 Å². The van der Waals surface area contributed by atoms with Crippen LogP contribution >= 0.6 is 11.3 Å². The number of hydrogen-bond donors (Lipinski definition) is 1. The third kappa shape index (κ3) is 2.82. The van der Waals surface area contributed by atoms with Crippen LogP contribution in [0.15, 0.2) is 17.5 Å². The summed E-state index contributed by atoms with van der Waals surface area (Å²) in [5, 5.41) is 4.88. The monoisotopic (exact) mass is 307 g/mol. The molecule has 114 valence electrons. The molecule has 2 aliphatic heterocycles. The lowest BCUT2D eigenvalue weighted by Crippen LogP contribution is -2.62. The maximum absolute atomic E-state index is 12.6. The molecule has 3 rings (SSSR count). The van der Waals surface area contributed by atoms with Gasteiger partial charge in [-0.2, -0.15) is 0 Å². The van der Waals surface area contributed by atoms with Gasteiger partial charge in [0.25, 0.3) is 5.91 Å². The molecule has 1 N–H and O–H groups in total. The van der Waals surface area contributed by atoms with Gasteiger partial charge in [0.15, 0.2) is 0 Å². The van der Waals surface area contributed by atoms with Crippen LogP contribution in [0.25, 0.3) is 0 Å². The number of piperazine rings is 1. The summed E-state index contributed by atoms with van der Waals surface area (Å²) in [4.78, 5) is 29.3. The van der Waals surface area contributed by atoms with Crippen LogP contribution < -0.4 is 5.32 Å². The Morgan fingerprint density at radius 1 is 1.38 bits per heavy atom. The summed E-state index contributed by atoms with van der Waals surface area (Å²) in [7, 11) is 2.11. The first-order chi connectivity index (χ1) is 10.1. The highest BCUT2D eigenvalue weighted by molar-refractivity contribution is 7.12. The number of nitrogens with one attached hydrogen (secondary N) is 1. The Morgan fingerprint density at radius 3 is 3.00 bits per heavy atom. The Labute approximate surface area is 128 Å². The lowest BCUT2D eigenvalue weighted by atomic mass is 9.86. The molecule has 2 fully saturated rings. The standard InChI is InChI=1S/C15H21N3O2S/c1-17-8-9-18(14(20)12-3-2-10-21-12)11-15(17)5-4-13(19)16-7-6-15/h2-3,10H,4-9,11H2,1H3,(H,16,19). The summed E-state index contributed by atoms with van der Waals surface area (Å²) in [6, 6.07) is 3.80. The van der Waals surface area contributed by atoms with Gasteiger partial charge in [-0.3, -0.25) is 14.5 Å². The Hall–Kier alpha value is -1.40. The molecular formula is C15H21N3O2S. The van der Waals surface area contributed by atoms with Gasteiger partial charge in [0.05, 0.1) is 4.88 Å². The van der Waals surface area contributed by atoms with E-state index in [1.165, 1.54) is 11.3 Å². The predicted octanol–water partition coefficient (Wildman–Crippen LogP) is 1.17. The predicted molar refractivity (Wildman–Crippen MR) is 82.4 cm³/mol. The summed E-state index contributed by atoms with van der Waals surface area (Å²) in [6.45, 7) is 3.04. The summed E-state index contributed by atoms with van der Waals surface area (Å²) >= 11 is 1.49. The zero-order valence-electron chi connectivity index (χ0n) is 12.3. The van der Waals surface area contributed by atoms with Crippen molar-refractivity contribution in [3.05, 3.63) is 22.4 Å². The van der Waals surface area contributed by atoms with Crippen molar-refractivity contribution < 1.29 is 9.59 Å². The fraction of sp³-hybridized carbons (Fsp3) is 0.600. The van der Waals surface area contributed by atoms with Gasteiger partial charge in [-0.05, 0) is 31.3 Å². The molecule has 0 saturated carbocycles.